The van der Waals surface area contributed by atoms with Crippen molar-refractivity contribution in [1.82, 2.24) is 4.90 Å². The SMILES string of the molecule is C/C(Nc1ccc(C)cc1F)=C(/C)C(=O)N1CCO/C1=C\N. The largest absolute Gasteiger partial charge is 0.476 e. The zero-order valence-electron chi connectivity index (χ0n) is 12.9. The smallest absolute Gasteiger partial charge is 0.258 e. The summed E-state index contributed by atoms with van der Waals surface area (Å²) in [6.45, 7) is 6.10. The van der Waals surface area contributed by atoms with Crippen LogP contribution in [0, 0.1) is 12.7 Å². The predicted octanol–water partition coefficient (Wildman–Crippen LogP) is 2.46. The van der Waals surface area contributed by atoms with E-state index in [0.717, 1.165) is 5.56 Å². The van der Waals surface area contributed by atoms with E-state index in [1.54, 1.807) is 26.0 Å². The fourth-order valence-corrected chi connectivity index (χ4v) is 2.15. The van der Waals surface area contributed by atoms with Crippen molar-refractivity contribution in [1.29, 1.82) is 0 Å². The number of anilines is 1. The van der Waals surface area contributed by atoms with Crippen molar-refractivity contribution in [2.45, 2.75) is 20.8 Å². The van der Waals surface area contributed by atoms with Gasteiger partial charge in [-0.1, -0.05) is 6.07 Å². The molecular weight excluding hydrogens is 285 g/mol. The number of aryl methyl sites for hydroxylation is 1. The van der Waals surface area contributed by atoms with Crippen molar-refractivity contribution >= 4 is 11.6 Å². The topological polar surface area (TPSA) is 67.6 Å². The molecule has 5 nitrogen and oxygen atoms in total. The Hall–Kier alpha value is -2.50. The molecule has 0 aliphatic carbocycles. The number of hydrogen-bond acceptors (Lipinski definition) is 4. The predicted molar refractivity (Wildman–Crippen MR) is 83.1 cm³/mol. The minimum atomic E-state index is -0.355. The van der Waals surface area contributed by atoms with Gasteiger partial charge in [-0.15, -0.1) is 0 Å². The molecule has 1 aromatic carbocycles. The molecule has 1 amide bonds. The molecule has 2 rings (SSSR count). The highest BCUT2D eigenvalue weighted by molar-refractivity contribution is 5.95. The molecule has 6 heteroatoms. The quantitative estimate of drug-likeness (QED) is 0.842. The summed E-state index contributed by atoms with van der Waals surface area (Å²) in [7, 11) is 0. The molecule has 1 aliphatic rings. The molecule has 0 radical (unpaired) electrons. The van der Waals surface area contributed by atoms with Gasteiger partial charge >= 0.3 is 0 Å². The maximum atomic E-state index is 13.9. The first-order valence-corrected chi connectivity index (χ1v) is 7.01. The van der Waals surface area contributed by atoms with Crippen LogP contribution in [0.4, 0.5) is 10.1 Å². The first-order chi connectivity index (χ1) is 10.4. The minimum absolute atomic E-state index is 0.216. The molecule has 0 spiro atoms. The maximum absolute atomic E-state index is 13.9. The van der Waals surface area contributed by atoms with E-state index in [1.807, 2.05) is 6.92 Å². The van der Waals surface area contributed by atoms with Crippen LogP contribution in [0.1, 0.15) is 19.4 Å². The fraction of sp³-hybridized carbons (Fsp3) is 0.312. The van der Waals surface area contributed by atoms with E-state index < -0.39 is 0 Å². The second kappa shape index (κ2) is 6.51. The van der Waals surface area contributed by atoms with Gasteiger partial charge in [-0.3, -0.25) is 9.69 Å². The summed E-state index contributed by atoms with van der Waals surface area (Å²) in [6.07, 6.45) is 1.26. The van der Waals surface area contributed by atoms with Gasteiger partial charge in [0.15, 0.2) is 0 Å². The second-order valence-corrected chi connectivity index (χ2v) is 5.17. The molecular formula is C16H20FN3O2. The number of carbonyl (C=O) groups is 1. The molecule has 0 aromatic heterocycles. The Balaban J connectivity index is 2.19. The fourth-order valence-electron chi connectivity index (χ4n) is 2.15. The molecule has 1 fully saturated rings. The Morgan fingerprint density at radius 2 is 2.18 bits per heavy atom. The summed E-state index contributed by atoms with van der Waals surface area (Å²) >= 11 is 0. The lowest BCUT2D eigenvalue weighted by Gasteiger charge is -2.17. The Morgan fingerprint density at radius 3 is 2.82 bits per heavy atom. The monoisotopic (exact) mass is 305 g/mol. The Kier molecular flexibility index (Phi) is 4.70. The molecule has 0 bridgehead atoms. The number of nitrogens with two attached hydrogens (primary N) is 1. The average Bonchev–Trinajstić information content (AvgIpc) is 2.97. The van der Waals surface area contributed by atoms with E-state index in [2.05, 4.69) is 5.32 Å². The van der Waals surface area contributed by atoms with Crippen molar-refractivity contribution in [3.05, 3.63) is 52.9 Å². The van der Waals surface area contributed by atoms with Gasteiger partial charge in [0.1, 0.15) is 12.4 Å². The van der Waals surface area contributed by atoms with Crippen LogP contribution in [0.3, 0.4) is 0 Å². The van der Waals surface area contributed by atoms with Gasteiger partial charge in [0.05, 0.1) is 18.4 Å². The van der Waals surface area contributed by atoms with E-state index in [1.165, 1.54) is 17.2 Å². The summed E-state index contributed by atoms with van der Waals surface area (Å²) in [5.74, 6) is -0.225. The van der Waals surface area contributed by atoms with Crippen LogP contribution < -0.4 is 11.1 Å². The molecule has 3 N–H and O–H groups in total. The highest BCUT2D eigenvalue weighted by atomic mass is 19.1. The lowest BCUT2D eigenvalue weighted by atomic mass is 10.2. The van der Waals surface area contributed by atoms with Crippen molar-refractivity contribution in [3.8, 4) is 0 Å². The number of benzene rings is 1. The van der Waals surface area contributed by atoms with Crippen LogP contribution in [0.2, 0.25) is 0 Å². The number of amides is 1. The second-order valence-electron chi connectivity index (χ2n) is 5.17. The highest BCUT2D eigenvalue weighted by Gasteiger charge is 2.26. The third kappa shape index (κ3) is 3.21. The van der Waals surface area contributed by atoms with Crippen molar-refractivity contribution in [2.75, 3.05) is 18.5 Å². The van der Waals surface area contributed by atoms with Gasteiger partial charge in [-0.05, 0) is 38.5 Å². The number of ether oxygens (including phenoxy) is 1. The lowest BCUT2D eigenvalue weighted by Crippen LogP contribution is -2.29. The third-order valence-electron chi connectivity index (χ3n) is 3.55. The molecule has 1 aromatic rings. The van der Waals surface area contributed by atoms with Gasteiger partial charge in [0, 0.05) is 11.3 Å². The first kappa shape index (κ1) is 15.9. The van der Waals surface area contributed by atoms with Gasteiger partial charge in [0.25, 0.3) is 5.91 Å². The van der Waals surface area contributed by atoms with Crippen LogP contribution in [0.5, 0.6) is 0 Å². The minimum Gasteiger partial charge on any atom is -0.476 e. The van der Waals surface area contributed by atoms with Gasteiger partial charge < -0.3 is 15.8 Å². The number of nitrogens with one attached hydrogen (secondary N) is 1. The summed E-state index contributed by atoms with van der Waals surface area (Å²) < 4.78 is 19.1. The van der Waals surface area contributed by atoms with Gasteiger partial charge in [-0.2, -0.15) is 0 Å². The van der Waals surface area contributed by atoms with E-state index >= 15 is 0 Å². The van der Waals surface area contributed by atoms with Crippen molar-refractivity contribution in [2.24, 2.45) is 5.73 Å². The number of halogens is 1. The lowest BCUT2D eigenvalue weighted by molar-refractivity contribution is -0.125. The van der Waals surface area contributed by atoms with E-state index in [4.69, 9.17) is 10.5 Å². The molecule has 0 atom stereocenters. The zero-order valence-corrected chi connectivity index (χ0v) is 12.9. The number of nitrogens with zero attached hydrogens (tertiary/aromatic N) is 1. The zero-order chi connectivity index (χ0) is 16.3. The molecule has 22 heavy (non-hydrogen) atoms. The normalized spacial score (nSPS) is 17.3. The first-order valence-electron chi connectivity index (χ1n) is 7.01. The molecule has 1 aliphatic heterocycles. The number of carbonyl (C=O) groups excluding carboxylic acids is 1. The maximum Gasteiger partial charge on any atom is 0.258 e. The number of hydrogen-bond donors (Lipinski definition) is 2. The van der Waals surface area contributed by atoms with Crippen LogP contribution in [-0.2, 0) is 9.53 Å². The Bertz CT molecular complexity index is 653. The molecule has 0 unspecified atom stereocenters. The van der Waals surface area contributed by atoms with Crippen molar-refractivity contribution in [3.63, 3.8) is 0 Å². The van der Waals surface area contributed by atoms with Crippen LogP contribution in [0.25, 0.3) is 0 Å². The summed E-state index contributed by atoms with van der Waals surface area (Å²) in [5.41, 5.74) is 7.66. The van der Waals surface area contributed by atoms with Crippen molar-refractivity contribution < 1.29 is 13.9 Å². The van der Waals surface area contributed by atoms with E-state index in [-0.39, 0.29) is 11.7 Å². The standard InChI is InChI=1S/C16H20FN3O2/c1-10-4-5-14(13(17)8-10)19-12(3)11(2)16(21)20-6-7-22-15(20)9-18/h4-5,8-9,19H,6-7,18H2,1-3H3/b12-11+,15-9-. The van der Waals surface area contributed by atoms with Crippen LogP contribution in [0.15, 0.2) is 41.6 Å². The molecule has 1 saturated heterocycles. The van der Waals surface area contributed by atoms with Gasteiger partial charge in [-0.25, -0.2) is 4.39 Å². The summed E-state index contributed by atoms with van der Waals surface area (Å²) in [5, 5.41) is 2.94. The Morgan fingerprint density at radius 1 is 1.45 bits per heavy atom. The molecule has 1 heterocycles. The number of rotatable bonds is 3. The Labute approximate surface area is 129 Å². The van der Waals surface area contributed by atoms with Gasteiger partial charge in [0.2, 0.25) is 5.88 Å². The van der Waals surface area contributed by atoms with E-state index in [0.29, 0.717) is 36.0 Å². The summed E-state index contributed by atoms with van der Waals surface area (Å²) in [6, 6.07) is 4.89. The molecule has 118 valence electrons. The van der Waals surface area contributed by atoms with Crippen LogP contribution >= 0.6 is 0 Å². The molecule has 0 saturated carbocycles. The average molecular weight is 305 g/mol. The third-order valence-corrected chi connectivity index (χ3v) is 3.55. The van der Waals surface area contributed by atoms with Crippen LogP contribution in [-0.4, -0.2) is 24.0 Å². The number of allylic oxidation sites excluding steroid dienone is 1. The highest BCUT2D eigenvalue weighted by Crippen LogP contribution is 2.21. The van der Waals surface area contributed by atoms with E-state index in [9.17, 15) is 9.18 Å². The summed E-state index contributed by atoms with van der Waals surface area (Å²) in [4.78, 5) is 13.9.